The maximum absolute atomic E-state index is 12.6. The van der Waals surface area contributed by atoms with Gasteiger partial charge >= 0.3 is 11.9 Å². The minimum Gasteiger partial charge on any atom is -0.481 e. The van der Waals surface area contributed by atoms with Crippen LogP contribution in [0.15, 0.2) is 45.7 Å². The fourth-order valence-corrected chi connectivity index (χ4v) is 4.00. The van der Waals surface area contributed by atoms with E-state index in [1.54, 1.807) is 12.1 Å². The molecule has 30 heavy (non-hydrogen) atoms. The summed E-state index contributed by atoms with van der Waals surface area (Å²) in [7, 11) is 0. The van der Waals surface area contributed by atoms with E-state index in [1.807, 2.05) is 0 Å². The molecule has 2 N–H and O–H groups in total. The van der Waals surface area contributed by atoms with Crippen molar-refractivity contribution >= 4 is 57.9 Å². The molecule has 154 valence electrons. The lowest BCUT2D eigenvalue weighted by Crippen LogP contribution is -2.45. The van der Waals surface area contributed by atoms with Crippen LogP contribution in [0.3, 0.4) is 0 Å². The molecular weight excluding hydrogens is 436 g/mol. The molecule has 0 saturated carbocycles. The number of nitro groups is 1. The van der Waals surface area contributed by atoms with Gasteiger partial charge in [0.25, 0.3) is 11.6 Å². The summed E-state index contributed by atoms with van der Waals surface area (Å²) in [5.74, 6) is -2.91. The van der Waals surface area contributed by atoms with E-state index in [0.717, 1.165) is 16.7 Å². The van der Waals surface area contributed by atoms with Crippen LogP contribution in [0.1, 0.15) is 12.2 Å². The zero-order chi connectivity index (χ0) is 22.0. The van der Waals surface area contributed by atoms with Crippen molar-refractivity contribution in [2.24, 2.45) is 0 Å². The molecule has 1 aliphatic rings. The Kier molecular flexibility index (Phi) is 5.99. The van der Waals surface area contributed by atoms with Gasteiger partial charge in [-0.15, -0.1) is 0 Å². The van der Waals surface area contributed by atoms with Crippen molar-refractivity contribution in [2.45, 2.75) is 12.5 Å². The molecule has 0 spiro atoms. The number of nitrogens with zero attached hydrogens (tertiary/aromatic N) is 2. The third kappa shape index (κ3) is 4.39. The number of nitro benzene ring substituents is 1. The molecule has 0 bridgehead atoms. The second-order valence-electron chi connectivity index (χ2n) is 6.01. The molecule has 1 saturated heterocycles. The number of amides is 1. The average molecular weight is 448 g/mol. The normalized spacial score (nSPS) is 16.1. The molecule has 10 nitrogen and oxygen atoms in total. The molecule has 1 aliphatic heterocycles. The van der Waals surface area contributed by atoms with Crippen LogP contribution < -0.4 is 0 Å². The van der Waals surface area contributed by atoms with Crippen LogP contribution >= 0.6 is 24.0 Å². The number of carbonyl (C=O) groups excluding carboxylic acids is 1. The highest BCUT2D eigenvalue weighted by Gasteiger charge is 2.41. The zero-order valence-electron chi connectivity index (χ0n) is 14.9. The number of rotatable bonds is 7. The van der Waals surface area contributed by atoms with Crippen LogP contribution in [-0.2, 0) is 14.4 Å². The first-order valence-electron chi connectivity index (χ1n) is 8.23. The fraction of sp³-hybridized carbons (Fsp3) is 0.111. The van der Waals surface area contributed by atoms with Crippen LogP contribution in [0.25, 0.3) is 17.4 Å². The highest BCUT2D eigenvalue weighted by atomic mass is 32.2. The second-order valence-corrected chi connectivity index (χ2v) is 7.69. The average Bonchev–Trinajstić information content (AvgIpc) is 3.25. The van der Waals surface area contributed by atoms with E-state index < -0.39 is 35.2 Å². The predicted octanol–water partition coefficient (Wildman–Crippen LogP) is 2.98. The molecule has 1 amide bonds. The first kappa shape index (κ1) is 21.2. The SMILES string of the molecule is O=C(O)CC(C(=O)O)N1C(=O)/C(=C/c2ccc(-c3ccc([N+](=O)[O-])cc3)o2)SC1=S. The molecule has 3 rings (SSSR count). The lowest BCUT2D eigenvalue weighted by Gasteiger charge is -2.21. The van der Waals surface area contributed by atoms with Gasteiger partial charge in [-0.1, -0.05) is 24.0 Å². The fourth-order valence-electron chi connectivity index (χ4n) is 2.67. The Morgan fingerprint density at radius 1 is 1.23 bits per heavy atom. The summed E-state index contributed by atoms with van der Waals surface area (Å²) < 4.78 is 5.57. The van der Waals surface area contributed by atoms with Crippen molar-refractivity contribution in [3.05, 3.63) is 57.2 Å². The van der Waals surface area contributed by atoms with Gasteiger partial charge in [0.2, 0.25) is 0 Å². The molecule has 1 fully saturated rings. The van der Waals surface area contributed by atoms with E-state index in [-0.39, 0.29) is 20.7 Å². The number of carbonyl (C=O) groups is 3. The van der Waals surface area contributed by atoms with Gasteiger partial charge in [-0.05, 0) is 24.3 Å². The van der Waals surface area contributed by atoms with Crippen molar-refractivity contribution < 1.29 is 33.9 Å². The van der Waals surface area contributed by atoms with Crippen molar-refractivity contribution in [2.75, 3.05) is 0 Å². The van der Waals surface area contributed by atoms with E-state index in [9.17, 15) is 29.6 Å². The minimum absolute atomic E-state index is 0.0662. The maximum Gasteiger partial charge on any atom is 0.327 e. The number of benzene rings is 1. The Labute approximate surface area is 177 Å². The number of thiocarbonyl (C=S) groups is 1. The summed E-state index contributed by atoms with van der Waals surface area (Å²) in [5.41, 5.74) is 0.517. The van der Waals surface area contributed by atoms with Gasteiger partial charge in [-0.3, -0.25) is 24.6 Å². The summed E-state index contributed by atoms with van der Waals surface area (Å²) in [6.07, 6.45) is 0.577. The number of carboxylic acid groups (broad SMARTS) is 2. The van der Waals surface area contributed by atoms with Gasteiger partial charge in [0.05, 0.1) is 16.2 Å². The third-order valence-corrected chi connectivity index (χ3v) is 5.38. The molecule has 0 radical (unpaired) electrons. The molecule has 1 aromatic heterocycles. The highest BCUT2D eigenvalue weighted by molar-refractivity contribution is 8.26. The Morgan fingerprint density at radius 3 is 2.47 bits per heavy atom. The Hall–Kier alpha value is -3.51. The van der Waals surface area contributed by atoms with Crippen molar-refractivity contribution in [3.8, 4) is 11.3 Å². The van der Waals surface area contributed by atoms with Gasteiger partial charge in [0, 0.05) is 23.8 Å². The van der Waals surface area contributed by atoms with E-state index in [0.29, 0.717) is 11.3 Å². The number of thioether (sulfide) groups is 1. The first-order chi connectivity index (χ1) is 14.2. The summed E-state index contributed by atoms with van der Waals surface area (Å²) >= 11 is 5.90. The Bertz CT molecular complexity index is 1090. The number of hydrogen-bond acceptors (Lipinski definition) is 8. The van der Waals surface area contributed by atoms with Crippen molar-refractivity contribution in [1.82, 2.24) is 4.90 Å². The highest BCUT2D eigenvalue weighted by Crippen LogP contribution is 2.35. The minimum atomic E-state index is -1.62. The van der Waals surface area contributed by atoms with E-state index in [4.69, 9.17) is 21.7 Å². The second kappa shape index (κ2) is 8.47. The summed E-state index contributed by atoms with van der Waals surface area (Å²) in [6.45, 7) is 0. The van der Waals surface area contributed by atoms with Crippen LogP contribution in [0.2, 0.25) is 0 Å². The molecule has 12 heteroatoms. The lowest BCUT2D eigenvalue weighted by atomic mass is 10.1. The Morgan fingerprint density at radius 2 is 1.90 bits per heavy atom. The summed E-state index contributed by atoms with van der Waals surface area (Å²) in [5, 5.41) is 28.9. The molecular formula is C18H12N2O8S2. The van der Waals surface area contributed by atoms with Crippen molar-refractivity contribution in [3.63, 3.8) is 0 Å². The topological polar surface area (TPSA) is 151 Å². The van der Waals surface area contributed by atoms with Crippen LogP contribution in [0.5, 0.6) is 0 Å². The standard InChI is InChI=1S/C18H12N2O8S2/c21-15(22)8-12(17(24)25)19-16(23)14(30-18(19)29)7-11-5-6-13(28-11)9-1-3-10(4-2-9)20(26)27/h1-7,12H,8H2,(H,21,22)(H,24,25)/b14-7-. The molecule has 2 heterocycles. The van der Waals surface area contributed by atoms with Gasteiger partial charge in [0.1, 0.15) is 21.9 Å². The molecule has 2 aromatic rings. The lowest BCUT2D eigenvalue weighted by molar-refractivity contribution is -0.384. The van der Waals surface area contributed by atoms with Crippen molar-refractivity contribution in [1.29, 1.82) is 0 Å². The summed E-state index contributed by atoms with van der Waals surface area (Å²) in [6, 6.07) is 7.25. The Balaban J connectivity index is 1.83. The predicted molar refractivity (Wildman–Crippen MR) is 109 cm³/mol. The summed E-state index contributed by atoms with van der Waals surface area (Å²) in [4.78, 5) is 46.0. The monoisotopic (exact) mass is 448 g/mol. The van der Waals surface area contributed by atoms with E-state index in [1.165, 1.54) is 30.3 Å². The molecule has 1 atom stereocenters. The van der Waals surface area contributed by atoms with Gasteiger partial charge in [-0.2, -0.15) is 0 Å². The van der Waals surface area contributed by atoms with Crippen LogP contribution in [0, 0.1) is 10.1 Å². The molecule has 1 unspecified atom stereocenters. The van der Waals surface area contributed by atoms with Crippen LogP contribution in [0.4, 0.5) is 5.69 Å². The van der Waals surface area contributed by atoms with Gasteiger partial charge in [0.15, 0.2) is 0 Å². The number of non-ortho nitro benzene ring substituents is 1. The smallest absolute Gasteiger partial charge is 0.327 e. The maximum atomic E-state index is 12.6. The number of carboxylic acids is 2. The largest absolute Gasteiger partial charge is 0.481 e. The third-order valence-electron chi connectivity index (χ3n) is 4.05. The van der Waals surface area contributed by atoms with Gasteiger partial charge < -0.3 is 14.6 Å². The van der Waals surface area contributed by atoms with E-state index >= 15 is 0 Å². The van der Waals surface area contributed by atoms with Gasteiger partial charge in [-0.25, -0.2) is 4.79 Å². The van der Waals surface area contributed by atoms with Crippen LogP contribution in [-0.4, -0.2) is 48.2 Å². The number of hydrogen-bond donors (Lipinski definition) is 2. The van der Waals surface area contributed by atoms with E-state index in [2.05, 4.69) is 0 Å². The molecule has 1 aromatic carbocycles. The zero-order valence-corrected chi connectivity index (χ0v) is 16.5. The quantitative estimate of drug-likeness (QED) is 0.280. The number of aliphatic carboxylic acids is 2. The number of furan rings is 1. The first-order valence-corrected chi connectivity index (χ1v) is 9.46. The molecule has 0 aliphatic carbocycles.